The Morgan fingerprint density at radius 3 is 2.82 bits per heavy atom. The third kappa shape index (κ3) is 3.57. The van der Waals surface area contributed by atoms with E-state index < -0.39 is 11.3 Å². The number of amides is 1. The zero-order chi connectivity index (χ0) is 23.2. The van der Waals surface area contributed by atoms with Gasteiger partial charge in [-0.25, -0.2) is 0 Å². The number of fused-ring (bicyclic) bond motifs is 1. The van der Waals surface area contributed by atoms with Crippen LogP contribution in [0.2, 0.25) is 0 Å². The van der Waals surface area contributed by atoms with Gasteiger partial charge in [0.25, 0.3) is 0 Å². The zero-order valence-electron chi connectivity index (χ0n) is 18.6. The highest BCUT2D eigenvalue weighted by atomic mass is 32.1. The Kier molecular flexibility index (Phi) is 5.18. The van der Waals surface area contributed by atoms with Gasteiger partial charge in [0.2, 0.25) is 12.7 Å². The fourth-order valence-corrected chi connectivity index (χ4v) is 5.71. The predicted molar refractivity (Wildman–Crippen MR) is 128 cm³/mol. The number of hydrogen-bond donors (Lipinski definition) is 1. The van der Waals surface area contributed by atoms with E-state index in [0.717, 1.165) is 27.1 Å². The van der Waals surface area contributed by atoms with Gasteiger partial charge in [-0.2, -0.15) is 0 Å². The first-order valence-corrected chi connectivity index (χ1v) is 11.5. The predicted octanol–water partition coefficient (Wildman–Crippen LogP) is 4.79. The van der Waals surface area contributed by atoms with Crippen LogP contribution in [0.5, 0.6) is 11.5 Å². The van der Waals surface area contributed by atoms with Gasteiger partial charge in [0.1, 0.15) is 5.84 Å². The van der Waals surface area contributed by atoms with Gasteiger partial charge in [0, 0.05) is 47.3 Å². The van der Waals surface area contributed by atoms with Crippen molar-refractivity contribution < 1.29 is 14.3 Å². The number of amidine groups is 1. The van der Waals surface area contributed by atoms with Crippen molar-refractivity contribution in [1.29, 1.82) is 5.41 Å². The molecule has 1 unspecified atom stereocenters. The van der Waals surface area contributed by atoms with E-state index in [9.17, 15) is 4.79 Å². The third-order valence-electron chi connectivity index (χ3n) is 6.39. The van der Waals surface area contributed by atoms with E-state index in [1.54, 1.807) is 31.5 Å². The standard InChI is InChI=1S/C26H23N3O3S/c1-4-5-16-8-18(13-28-12-16)19-10-22(33-14-19)26(2)11-23(27)29(3)25(30)24(26)17-6-7-20-21(9-17)32-15-31-20/h6-10,12-14,24,27H,11,15H2,1-3H3/t24?,26-/m1/s1. The van der Waals surface area contributed by atoms with Gasteiger partial charge in [-0.1, -0.05) is 18.9 Å². The maximum atomic E-state index is 13.5. The molecule has 1 amide bonds. The Morgan fingerprint density at radius 2 is 2.00 bits per heavy atom. The lowest BCUT2D eigenvalue weighted by molar-refractivity contribution is -0.131. The fraction of sp³-hybridized carbons (Fsp3) is 0.269. The molecule has 166 valence electrons. The van der Waals surface area contributed by atoms with Crippen LogP contribution in [0.1, 0.15) is 42.2 Å². The quantitative estimate of drug-likeness (QED) is 0.574. The molecule has 3 aromatic rings. The van der Waals surface area contributed by atoms with E-state index in [1.165, 1.54) is 4.90 Å². The van der Waals surface area contributed by atoms with Crippen LogP contribution >= 0.6 is 11.3 Å². The Balaban J connectivity index is 1.58. The van der Waals surface area contributed by atoms with E-state index in [-0.39, 0.29) is 12.7 Å². The summed E-state index contributed by atoms with van der Waals surface area (Å²) in [6.45, 7) is 4.07. The molecule has 2 atom stereocenters. The first-order valence-electron chi connectivity index (χ1n) is 10.6. The Morgan fingerprint density at radius 1 is 1.18 bits per heavy atom. The van der Waals surface area contributed by atoms with E-state index in [4.69, 9.17) is 14.9 Å². The number of thiophene rings is 1. The van der Waals surface area contributed by atoms with Crippen molar-refractivity contribution in [3.05, 3.63) is 64.1 Å². The van der Waals surface area contributed by atoms with Gasteiger partial charge >= 0.3 is 0 Å². The SMILES string of the molecule is CC#Cc1cncc(-c2csc([C@@]3(C)CC(=N)N(C)C(=O)C3c3ccc4c(c3)OCO4)c2)c1. The number of rotatable bonds is 3. The molecule has 6 nitrogen and oxygen atoms in total. The number of carbonyl (C=O) groups is 1. The summed E-state index contributed by atoms with van der Waals surface area (Å²) >= 11 is 1.61. The number of nitrogens with zero attached hydrogens (tertiary/aromatic N) is 2. The van der Waals surface area contributed by atoms with Crippen LogP contribution in [0.15, 0.2) is 48.1 Å². The lowest BCUT2D eigenvalue weighted by Gasteiger charge is -2.44. The lowest BCUT2D eigenvalue weighted by Crippen LogP contribution is -2.51. The largest absolute Gasteiger partial charge is 0.454 e. The van der Waals surface area contributed by atoms with Crippen LogP contribution in [-0.4, -0.2) is 35.5 Å². The molecular weight excluding hydrogens is 434 g/mol. The summed E-state index contributed by atoms with van der Waals surface area (Å²) in [6, 6.07) is 9.84. The maximum absolute atomic E-state index is 13.5. The average molecular weight is 458 g/mol. The summed E-state index contributed by atoms with van der Waals surface area (Å²) in [5, 5.41) is 10.6. The Bertz CT molecular complexity index is 1340. The number of likely N-dealkylation sites (N-methyl/N-ethyl adjacent to an activating group) is 1. The molecule has 2 aliphatic rings. The van der Waals surface area contributed by atoms with Crippen molar-refractivity contribution in [3.8, 4) is 34.5 Å². The number of aromatic nitrogens is 1. The van der Waals surface area contributed by atoms with Crippen LogP contribution in [0.4, 0.5) is 0 Å². The number of nitrogens with one attached hydrogen (secondary N) is 1. The van der Waals surface area contributed by atoms with Crippen molar-refractivity contribution in [2.24, 2.45) is 0 Å². The minimum Gasteiger partial charge on any atom is -0.454 e. The van der Waals surface area contributed by atoms with Crippen molar-refractivity contribution in [3.63, 3.8) is 0 Å². The molecule has 1 N–H and O–H groups in total. The van der Waals surface area contributed by atoms with E-state index >= 15 is 0 Å². The molecule has 0 aliphatic carbocycles. The summed E-state index contributed by atoms with van der Waals surface area (Å²) in [4.78, 5) is 20.4. The van der Waals surface area contributed by atoms with Crippen LogP contribution in [-0.2, 0) is 10.2 Å². The molecule has 2 aromatic heterocycles. The molecule has 5 rings (SSSR count). The van der Waals surface area contributed by atoms with E-state index in [2.05, 4.69) is 35.2 Å². The van der Waals surface area contributed by atoms with Gasteiger partial charge in [0.05, 0.1) is 5.92 Å². The summed E-state index contributed by atoms with van der Waals surface area (Å²) < 4.78 is 11.0. The minimum atomic E-state index is -0.578. The molecule has 1 aromatic carbocycles. The number of piperidine rings is 1. The summed E-state index contributed by atoms with van der Waals surface area (Å²) in [7, 11) is 1.68. The normalized spacial score (nSPS) is 21.7. The fourth-order valence-electron chi connectivity index (χ4n) is 4.60. The highest BCUT2D eigenvalue weighted by Gasteiger charge is 2.49. The average Bonchev–Trinajstić information content (AvgIpc) is 3.48. The molecule has 1 fully saturated rings. The second-order valence-corrected chi connectivity index (χ2v) is 9.43. The molecule has 4 heterocycles. The van der Waals surface area contributed by atoms with Crippen LogP contribution < -0.4 is 9.47 Å². The van der Waals surface area contributed by atoms with Gasteiger partial charge in [-0.15, -0.1) is 17.3 Å². The number of likely N-dealkylation sites (tertiary alicyclic amines) is 1. The van der Waals surface area contributed by atoms with Crippen molar-refractivity contribution >= 4 is 23.1 Å². The number of ether oxygens (including phenoxy) is 2. The zero-order valence-corrected chi connectivity index (χ0v) is 19.5. The first kappa shape index (κ1) is 21.2. The second-order valence-electron chi connectivity index (χ2n) is 8.52. The highest BCUT2D eigenvalue weighted by molar-refractivity contribution is 7.10. The third-order valence-corrected chi connectivity index (χ3v) is 7.60. The van der Waals surface area contributed by atoms with Gasteiger partial charge in [-0.05, 0) is 47.7 Å². The molecule has 1 saturated heterocycles. The van der Waals surface area contributed by atoms with Gasteiger partial charge in [-0.3, -0.25) is 15.2 Å². The number of carbonyl (C=O) groups excluding carboxylic acids is 1. The summed E-state index contributed by atoms with van der Waals surface area (Å²) in [5.41, 5.74) is 3.17. The van der Waals surface area contributed by atoms with Gasteiger partial charge in [0.15, 0.2) is 11.5 Å². The molecule has 0 saturated carbocycles. The summed E-state index contributed by atoms with van der Waals surface area (Å²) in [5.74, 6) is 7.07. The number of pyridine rings is 1. The second kappa shape index (κ2) is 8.05. The van der Waals surface area contributed by atoms with Gasteiger partial charge < -0.3 is 14.4 Å². The van der Waals surface area contributed by atoms with Crippen molar-refractivity contribution in [2.75, 3.05) is 13.8 Å². The highest BCUT2D eigenvalue weighted by Crippen LogP contribution is 2.50. The topological polar surface area (TPSA) is 75.5 Å². The monoisotopic (exact) mass is 457 g/mol. The first-order chi connectivity index (χ1) is 15.9. The Labute approximate surface area is 196 Å². The molecule has 0 radical (unpaired) electrons. The minimum absolute atomic E-state index is 0.0931. The summed E-state index contributed by atoms with van der Waals surface area (Å²) in [6.07, 6.45) is 4.03. The smallest absolute Gasteiger partial charge is 0.236 e. The molecule has 2 aliphatic heterocycles. The molecule has 33 heavy (non-hydrogen) atoms. The maximum Gasteiger partial charge on any atom is 0.236 e. The van der Waals surface area contributed by atoms with E-state index in [1.807, 2.05) is 30.5 Å². The molecular formula is C26H23N3O3S. The van der Waals surface area contributed by atoms with Crippen LogP contribution in [0.25, 0.3) is 11.1 Å². The van der Waals surface area contributed by atoms with E-state index in [0.29, 0.717) is 23.8 Å². The van der Waals surface area contributed by atoms with Crippen LogP contribution in [0.3, 0.4) is 0 Å². The van der Waals surface area contributed by atoms with Crippen LogP contribution in [0, 0.1) is 17.3 Å². The Hall–Kier alpha value is -3.63. The molecule has 0 spiro atoms. The lowest BCUT2D eigenvalue weighted by atomic mass is 9.67. The molecule has 0 bridgehead atoms. The molecule has 7 heteroatoms. The van der Waals surface area contributed by atoms with Crippen molar-refractivity contribution in [2.45, 2.75) is 31.6 Å². The van der Waals surface area contributed by atoms with Crippen molar-refractivity contribution in [1.82, 2.24) is 9.88 Å². The number of hydrogen-bond acceptors (Lipinski definition) is 6. The number of benzene rings is 1.